The van der Waals surface area contributed by atoms with E-state index in [1.165, 1.54) is 5.56 Å². The molecule has 4 rings (SSSR count). The van der Waals surface area contributed by atoms with E-state index in [4.69, 9.17) is 4.52 Å². The highest BCUT2D eigenvalue weighted by atomic mass is 32.1. The first-order valence-electron chi connectivity index (χ1n) is 7.97. The summed E-state index contributed by atoms with van der Waals surface area (Å²) in [7, 11) is 0. The Morgan fingerprint density at radius 2 is 2.25 bits per heavy atom. The zero-order chi connectivity index (χ0) is 16.5. The first kappa shape index (κ1) is 15.1. The van der Waals surface area contributed by atoms with Crippen LogP contribution >= 0.6 is 11.3 Å². The van der Waals surface area contributed by atoms with E-state index in [1.54, 1.807) is 11.3 Å². The lowest BCUT2D eigenvalue weighted by atomic mass is 10.1. The predicted octanol–water partition coefficient (Wildman–Crippen LogP) is 3.71. The topological polar surface area (TPSA) is 59.2 Å². The fraction of sp³-hybridized carbons (Fsp3) is 0.278. The molecular formula is C18H17N3O2S. The van der Waals surface area contributed by atoms with Gasteiger partial charge in [-0.25, -0.2) is 0 Å². The molecule has 0 radical (unpaired) electrons. The van der Waals surface area contributed by atoms with Crippen molar-refractivity contribution in [1.29, 1.82) is 0 Å². The number of nitrogens with zero attached hydrogens (tertiary/aromatic N) is 3. The fourth-order valence-corrected chi connectivity index (χ4v) is 3.78. The summed E-state index contributed by atoms with van der Waals surface area (Å²) in [6, 6.07) is 10.2. The van der Waals surface area contributed by atoms with Gasteiger partial charge < -0.3 is 9.42 Å². The molecule has 1 atom stereocenters. The molecule has 24 heavy (non-hydrogen) atoms. The maximum Gasteiger partial charge on any atom is 0.227 e. The van der Waals surface area contributed by atoms with Crippen LogP contribution in [0.1, 0.15) is 24.8 Å². The van der Waals surface area contributed by atoms with E-state index < -0.39 is 0 Å². The molecule has 1 aliphatic rings. The SMILES string of the molecule is CC1Cc2ccccc2N1C(=O)CCc1nc(-c2ccsc2)no1. The third-order valence-electron chi connectivity index (χ3n) is 4.28. The van der Waals surface area contributed by atoms with Crippen LogP contribution in [0.4, 0.5) is 5.69 Å². The number of para-hydroxylation sites is 1. The van der Waals surface area contributed by atoms with Crippen molar-refractivity contribution in [1.82, 2.24) is 10.1 Å². The van der Waals surface area contributed by atoms with Gasteiger partial charge in [0.1, 0.15) is 0 Å². The van der Waals surface area contributed by atoms with Crippen LogP contribution in [0.5, 0.6) is 0 Å². The van der Waals surface area contributed by atoms with Gasteiger partial charge in [0.15, 0.2) is 0 Å². The lowest BCUT2D eigenvalue weighted by Gasteiger charge is -2.22. The van der Waals surface area contributed by atoms with Crippen LogP contribution in [-0.2, 0) is 17.6 Å². The Hall–Kier alpha value is -2.47. The predicted molar refractivity (Wildman–Crippen MR) is 93.0 cm³/mol. The lowest BCUT2D eigenvalue weighted by Crippen LogP contribution is -2.35. The number of carbonyl (C=O) groups excluding carboxylic acids is 1. The molecule has 0 N–H and O–H groups in total. The minimum Gasteiger partial charge on any atom is -0.339 e. The van der Waals surface area contributed by atoms with E-state index in [0.717, 1.165) is 17.7 Å². The number of hydrogen-bond acceptors (Lipinski definition) is 5. The Kier molecular flexibility index (Phi) is 3.90. The number of aromatic nitrogens is 2. The summed E-state index contributed by atoms with van der Waals surface area (Å²) in [4.78, 5) is 18.9. The maximum absolute atomic E-state index is 12.7. The molecule has 0 fully saturated rings. The van der Waals surface area contributed by atoms with Crippen LogP contribution in [0.3, 0.4) is 0 Å². The Morgan fingerprint density at radius 3 is 3.08 bits per heavy atom. The van der Waals surface area contributed by atoms with Crippen molar-refractivity contribution in [3.8, 4) is 11.4 Å². The Balaban J connectivity index is 1.44. The highest BCUT2D eigenvalue weighted by Crippen LogP contribution is 2.32. The molecular weight excluding hydrogens is 322 g/mol. The van der Waals surface area contributed by atoms with Crippen molar-refractivity contribution in [3.05, 3.63) is 52.5 Å². The minimum absolute atomic E-state index is 0.0998. The van der Waals surface area contributed by atoms with Crippen LogP contribution in [-0.4, -0.2) is 22.1 Å². The number of thiophene rings is 1. The number of hydrogen-bond donors (Lipinski definition) is 0. The summed E-state index contributed by atoms with van der Waals surface area (Å²) in [5.74, 6) is 1.19. The Labute approximate surface area is 143 Å². The van der Waals surface area contributed by atoms with E-state index in [2.05, 4.69) is 23.1 Å². The van der Waals surface area contributed by atoms with Crippen molar-refractivity contribution in [2.45, 2.75) is 32.2 Å². The van der Waals surface area contributed by atoms with Gasteiger partial charge >= 0.3 is 0 Å². The molecule has 122 valence electrons. The second-order valence-corrected chi connectivity index (χ2v) is 6.75. The van der Waals surface area contributed by atoms with Crippen molar-refractivity contribution in [2.24, 2.45) is 0 Å². The molecule has 3 aromatic rings. The first-order chi connectivity index (χ1) is 11.7. The summed E-state index contributed by atoms with van der Waals surface area (Å²) >= 11 is 1.59. The van der Waals surface area contributed by atoms with E-state index in [1.807, 2.05) is 39.9 Å². The summed E-state index contributed by atoms with van der Waals surface area (Å²) < 4.78 is 5.27. The maximum atomic E-state index is 12.7. The number of fused-ring (bicyclic) bond motifs is 1. The quantitative estimate of drug-likeness (QED) is 0.727. The third-order valence-corrected chi connectivity index (χ3v) is 4.96. The minimum atomic E-state index is 0.0998. The van der Waals surface area contributed by atoms with Crippen LogP contribution in [0.2, 0.25) is 0 Å². The number of benzene rings is 1. The van der Waals surface area contributed by atoms with Gasteiger partial charge in [0.25, 0.3) is 0 Å². The molecule has 1 aromatic carbocycles. The highest BCUT2D eigenvalue weighted by Gasteiger charge is 2.30. The van der Waals surface area contributed by atoms with E-state index >= 15 is 0 Å². The largest absolute Gasteiger partial charge is 0.339 e. The van der Waals surface area contributed by atoms with Crippen LogP contribution in [0.25, 0.3) is 11.4 Å². The zero-order valence-corrected chi connectivity index (χ0v) is 14.1. The van der Waals surface area contributed by atoms with Crippen LogP contribution < -0.4 is 4.90 Å². The second-order valence-electron chi connectivity index (χ2n) is 5.97. The molecule has 0 saturated carbocycles. The molecule has 0 spiro atoms. The molecule has 3 heterocycles. The van der Waals surface area contributed by atoms with E-state index in [9.17, 15) is 4.79 Å². The molecule has 1 amide bonds. The zero-order valence-electron chi connectivity index (χ0n) is 13.3. The van der Waals surface area contributed by atoms with E-state index in [-0.39, 0.29) is 11.9 Å². The molecule has 0 bridgehead atoms. The first-order valence-corrected chi connectivity index (χ1v) is 8.92. The van der Waals surface area contributed by atoms with Gasteiger partial charge in [-0.1, -0.05) is 23.4 Å². The summed E-state index contributed by atoms with van der Waals surface area (Å²) in [5, 5.41) is 7.93. The van der Waals surface area contributed by atoms with Gasteiger partial charge in [0.05, 0.1) is 0 Å². The van der Waals surface area contributed by atoms with Crippen LogP contribution in [0, 0.1) is 0 Å². The molecule has 0 saturated heterocycles. The van der Waals surface area contributed by atoms with Crippen molar-refractivity contribution >= 4 is 22.9 Å². The number of aryl methyl sites for hydroxylation is 1. The van der Waals surface area contributed by atoms with Gasteiger partial charge in [0.2, 0.25) is 17.6 Å². The summed E-state index contributed by atoms with van der Waals surface area (Å²) in [6.07, 6.45) is 1.73. The van der Waals surface area contributed by atoms with Crippen molar-refractivity contribution < 1.29 is 9.32 Å². The number of anilines is 1. The smallest absolute Gasteiger partial charge is 0.227 e. The molecule has 1 unspecified atom stereocenters. The van der Waals surface area contributed by atoms with Crippen molar-refractivity contribution in [2.75, 3.05) is 4.90 Å². The second kappa shape index (κ2) is 6.20. The monoisotopic (exact) mass is 339 g/mol. The van der Waals surface area contributed by atoms with Gasteiger partial charge in [-0.05, 0) is 36.4 Å². The molecule has 1 aliphatic heterocycles. The molecule has 6 heteroatoms. The Morgan fingerprint density at radius 1 is 1.38 bits per heavy atom. The standard InChI is InChI=1S/C18H17N3O2S/c1-12-10-13-4-2-3-5-15(13)21(12)17(22)7-6-16-19-18(20-23-16)14-8-9-24-11-14/h2-5,8-9,11-12H,6-7,10H2,1H3. The van der Waals surface area contributed by atoms with Gasteiger partial charge in [-0.15, -0.1) is 0 Å². The number of amides is 1. The third kappa shape index (κ3) is 2.73. The molecule has 5 nitrogen and oxygen atoms in total. The lowest BCUT2D eigenvalue weighted by molar-refractivity contribution is -0.118. The molecule has 0 aliphatic carbocycles. The van der Waals surface area contributed by atoms with Gasteiger partial charge in [-0.2, -0.15) is 16.3 Å². The van der Waals surface area contributed by atoms with Gasteiger partial charge in [0, 0.05) is 35.5 Å². The number of rotatable bonds is 4. The summed E-state index contributed by atoms with van der Waals surface area (Å²) in [5.41, 5.74) is 3.21. The number of carbonyl (C=O) groups is 1. The van der Waals surface area contributed by atoms with E-state index in [0.29, 0.717) is 24.6 Å². The highest BCUT2D eigenvalue weighted by molar-refractivity contribution is 7.08. The van der Waals surface area contributed by atoms with Crippen LogP contribution in [0.15, 0.2) is 45.6 Å². The average molecular weight is 339 g/mol. The average Bonchev–Trinajstić information content (AvgIpc) is 3.31. The Bertz CT molecular complexity index is 857. The fourth-order valence-electron chi connectivity index (χ4n) is 3.15. The van der Waals surface area contributed by atoms with Crippen molar-refractivity contribution in [3.63, 3.8) is 0 Å². The van der Waals surface area contributed by atoms with Gasteiger partial charge in [-0.3, -0.25) is 4.79 Å². The molecule has 2 aromatic heterocycles. The normalized spacial score (nSPS) is 16.4. The summed E-state index contributed by atoms with van der Waals surface area (Å²) in [6.45, 7) is 2.08.